The number of aryl methyl sites for hydroxylation is 1. The number of thiazole rings is 1. The SMILES string of the molecule is Cc1ncsc1-c1ccc([C@@H](NC(=O)[C@@H]2C[C@@H](O)CN2C(=O)[C@H](c2cc(N3CCC(CN4CCC(O[C@H]5C[C@H](Oc6cc(N7C8CCC7CN(c7cc(-c9ccccc9O)nnc7N)C8)ccn6)C5)CC4)CC3)no2)C(C)C)C(=O)N(C)C2CCC2)cc1. The maximum absolute atomic E-state index is 14.7. The molecule has 2 aliphatic carbocycles. The Kier molecular flexibility index (Phi) is 17.3. The summed E-state index contributed by atoms with van der Waals surface area (Å²) in [6.07, 6.45) is 12.3. The third-order valence-electron chi connectivity index (χ3n) is 19.9. The number of rotatable bonds is 19. The molecule has 2 bridgehead atoms. The average molecular weight is 1220 g/mol. The first-order valence-corrected chi connectivity index (χ1v) is 32.8. The molecule has 13 rings (SSSR count). The Morgan fingerprint density at radius 3 is 2.28 bits per heavy atom. The molecule has 9 heterocycles. The molecule has 7 fully saturated rings. The first-order chi connectivity index (χ1) is 42.7. The highest BCUT2D eigenvalue weighted by Crippen LogP contribution is 2.42. The third-order valence-corrected chi connectivity index (χ3v) is 20.9. The smallest absolute Gasteiger partial charge is 0.249 e. The van der Waals surface area contributed by atoms with E-state index in [1.165, 1.54) is 4.90 Å². The van der Waals surface area contributed by atoms with Crippen LogP contribution in [0.15, 0.2) is 89.0 Å². The molecular formula is C66H83N13O8S. The van der Waals surface area contributed by atoms with Crippen LogP contribution in [-0.2, 0) is 19.1 Å². The van der Waals surface area contributed by atoms with E-state index in [1.807, 2.05) is 81.0 Å². The van der Waals surface area contributed by atoms with Gasteiger partial charge in [0.25, 0.3) is 0 Å². The van der Waals surface area contributed by atoms with E-state index in [-0.39, 0.29) is 60.8 Å². The average Bonchev–Trinajstić information content (AvgIpc) is 2.16. The minimum Gasteiger partial charge on any atom is -0.507 e. The predicted molar refractivity (Wildman–Crippen MR) is 336 cm³/mol. The highest BCUT2D eigenvalue weighted by Gasteiger charge is 2.46. The van der Waals surface area contributed by atoms with E-state index in [4.69, 9.17) is 19.7 Å². The fourth-order valence-corrected chi connectivity index (χ4v) is 15.4. The Balaban J connectivity index is 0.551. The van der Waals surface area contributed by atoms with Crippen molar-refractivity contribution in [1.29, 1.82) is 0 Å². The van der Waals surface area contributed by atoms with Gasteiger partial charge in [0.15, 0.2) is 17.4 Å². The molecule has 7 aliphatic rings. The summed E-state index contributed by atoms with van der Waals surface area (Å²) in [4.78, 5) is 66.3. The van der Waals surface area contributed by atoms with Crippen LogP contribution in [0.5, 0.6) is 11.6 Å². The molecule has 21 nitrogen and oxygen atoms in total. The molecular weight excluding hydrogens is 1130 g/mol. The fourth-order valence-electron chi connectivity index (χ4n) is 14.6. The van der Waals surface area contributed by atoms with Crippen LogP contribution in [0.1, 0.15) is 120 Å². The van der Waals surface area contributed by atoms with Crippen molar-refractivity contribution in [2.24, 2.45) is 11.8 Å². The number of nitrogen functional groups attached to an aromatic ring is 1. The van der Waals surface area contributed by atoms with Crippen LogP contribution in [0, 0.1) is 18.8 Å². The van der Waals surface area contributed by atoms with Crippen LogP contribution in [-0.4, -0.2) is 176 Å². The number of aliphatic hydroxyl groups excluding tert-OH is 1. The Labute approximate surface area is 518 Å². The predicted octanol–water partition coefficient (Wildman–Crippen LogP) is 7.98. The second-order valence-corrected chi connectivity index (χ2v) is 26.9. The first-order valence-electron chi connectivity index (χ1n) is 31.9. The van der Waals surface area contributed by atoms with Gasteiger partial charge in [-0.2, -0.15) is 0 Å². The zero-order chi connectivity index (χ0) is 60.7. The molecule has 2 saturated carbocycles. The van der Waals surface area contributed by atoms with Crippen LogP contribution >= 0.6 is 11.3 Å². The third kappa shape index (κ3) is 12.5. The number of piperazine rings is 1. The highest BCUT2D eigenvalue weighted by atomic mass is 32.1. The van der Waals surface area contributed by atoms with E-state index >= 15 is 0 Å². The van der Waals surface area contributed by atoms with Crippen LogP contribution in [0.25, 0.3) is 21.7 Å². The summed E-state index contributed by atoms with van der Waals surface area (Å²) in [7, 11) is 1.80. The minimum absolute atomic E-state index is 0.00661. The second-order valence-electron chi connectivity index (χ2n) is 26.0. The number of aliphatic hydroxyl groups is 1. The van der Waals surface area contributed by atoms with E-state index in [0.29, 0.717) is 58.1 Å². The van der Waals surface area contributed by atoms with Gasteiger partial charge in [-0.25, -0.2) is 9.97 Å². The molecule has 22 heteroatoms. The molecule has 88 heavy (non-hydrogen) atoms. The zero-order valence-corrected chi connectivity index (χ0v) is 51.7. The number of nitrogens with one attached hydrogen (secondary N) is 1. The number of phenols is 1. The Hall–Kier alpha value is -7.40. The lowest BCUT2D eigenvalue weighted by Gasteiger charge is -2.43. The zero-order valence-electron chi connectivity index (χ0n) is 50.9. The largest absolute Gasteiger partial charge is 0.507 e. The maximum Gasteiger partial charge on any atom is 0.249 e. The van der Waals surface area contributed by atoms with Crippen molar-refractivity contribution in [3.05, 3.63) is 102 Å². The number of likely N-dealkylation sites (tertiary alicyclic amines) is 2. The summed E-state index contributed by atoms with van der Waals surface area (Å²) in [6, 6.07) is 21.6. The van der Waals surface area contributed by atoms with E-state index in [2.05, 4.69) is 62.4 Å². The lowest BCUT2D eigenvalue weighted by molar-refractivity contribution is -0.143. The number of fused-ring (bicyclic) bond motifs is 2. The number of ether oxygens (including phenoxy) is 2. The number of hydrogen-bond donors (Lipinski definition) is 4. The Bertz CT molecular complexity index is 3420. The molecule has 0 radical (unpaired) electrons. The van der Waals surface area contributed by atoms with Crippen molar-refractivity contribution in [2.75, 3.05) is 79.8 Å². The van der Waals surface area contributed by atoms with Gasteiger partial charge in [-0.1, -0.05) is 55.4 Å². The number of anilines is 4. The molecule has 6 aromatic rings. The van der Waals surface area contributed by atoms with Gasteiger partial charge in [0.1, 0.15) is 29.9 Å². The number of pyridine rings is 1. The second kappa shape index (κ2) is 25.6. The number of amides is 3. The van der Waals surface area contributed by atoms with E-state index in [1.54, 1.807) is 35.4 Å². The normalized spacial score (nSPS) is 24.3. The number of nitrogens with two attached hydrogens (primary N) is 1. The summed E-state index contributed by atoms with van der Waals surface area (Å²) >= 11 is 1.55. The van der Waals surface area contributed by atoms with Gasteiger partial charge in [-0.15, -0.1) is 21.5 Å². The molecule has 4 aromatic heterocycles. The van der Waals surface area contributed by atoms with Crippen molar-refractivity contribution in [3.63, 3.8) is 0 Å². The number of para-hydroxylation sites is 1. The van der Waals surface area contributed by atoms with Crippen molar-refractivity contribution in [3.8, 4) is 33.3 Å². The summed E-state index contributed by atoms with van der Waals surface area (Å²) in [5.41, 5.74) is 14.0. The quantitative estimate of drug-likeness (QED) is 0.0600. The van der Waals surface area contributed by atoms with Gasteiger partial charge in [0.05, 0.1) is 45.8 Å². The highest BCUT2D eigenvalue weighted by molar-refractivity contribution is 7.13. The standard InChI is InChI=1S/C66H83N13O8S/c1-39(2)60(65(83)78-37-48(80)29-55(78)64(82)70-61(66(84)74(4)44-8-7-9-44)42-12-14-43(15-13-42)62-40(3)69-38-88-62)57-33-58(73-87-57)76-26-19-41(20-27-76)34-75-24-21-49(22-25-75)85-50-30-51(31-50)86-59-28-45(18-23-68-59)79-46-16-17-47(79)36-77(35-46)54-32-53(71-72-63(54)67)52-10-5-6-11-56(52)81/h5-6,10-15,18,23,28,32-33,38-39,41,44,46-51,55,60-61,80-81H,7-9,16-17,19-22,24-27,29-31,34-37H2,1-4H3,(H2,67,72)(H,70,82)/t46?,47?,48-,50-,51-,55+,60+,61-/m1/s1. The number of piperidine rings is 2. The molecule has 5 aliphatic heterocycles. The molecule has 5 N–H and O–H groups in total. The summed E-state index contributed by atoms with van der Waals surface area (Å²) in [5.74, 6) is 0.954. The minimum atomic E-state index is -0.984. The number of carbonyl (C=O) groups is 3. The first kappa shape index (κ1) is 59.6. The van der Waals surface area contributed by atoms with Crippen molar-refractivity contribution >= 4 is 52.1 Å². The molecule has 2 aromatic carbocycles. The van der Waals surface area contributed by atoms with Crippen LogP contribution < -0.4 is 30.5 Å². The van der Waals surface area contributed by atoms with Crippen LogP contribution in [0.2, 0.25) is 0 Å². The van der Waals surface area contributed by atoms with Crippen molar-refractivity contribution in [1.82, 2.24) is 45.3 Å². The lowest BCUT2D eigenvalue weighted by Crippen LogP contribution is -2.54. The molecule has 466 valence electrons. The summed E-state index contributed by atoms with van der Waals surface area (Å²) in [5, 5.41) is 37.7. The number of hydrogen-bond acceptors (Lipinski definition) is 19. The molecule has 2 unspecified atom stereocenters. The van der Waals surface area contributed by atoms with Crippen molar-refractivity contribution < 1.29 is 38.6 Å². The van der Waals surface area contributed by atoms with Gasteiger partial charge in [-0.3, -0.25) is 14.4 Å². The van der Waals surface area contributed by atoms with Crippen LogP contribution in [0.3, 0.4) is 0 Å². The topological polar surface area (TPSA) is 245 Å². The summed E-state index contributed by atoms with van der Waals surface area (Å²) in [6.45, 7) is 12.2. The Morgan fingerprint density at radius 2 is 1.59 bits per heavy atom. The van der Waals surface area contributed by atoms with Gasteiger partial charge < -0.3 is 64.7 Å². The number of aromatic hydroxyl groups is 1. The number of likely N-dealkylation sites (N-methyl/N-ethyl adjacent to an activating group) is 1. The molecule has 6 atom stereocenters. The number of phenolic OH excluding ortho intramolecular Hbond substituents is 1. The molecule has 3 amide bonds. The van der Waals surface area contributed by atoms with Crippen molar-refractivity contribution in [2.45, 2.75) is 158 Å². The van der Waals surface area contributed by atoms with Crippen LogP contribution in [0.4, 0.5) is 23.0 Å². The number of benzene rings is 2. The van der Waals surface area contributed by atoms with E-state index in [0.717, 1.165) is 144 Å². The number of β-amino-alcohol motifs (C(OH)–C–C–N with tert-alkyl or cyclic N) is 1. The maximum atomic E-state index is 14.7. The van der Waals surface area contributed by atoms with Gasteiger partial charge in [0.2, 0.25) is 23.6 Å². The molecule has 0 spiro atoms. The monoisotopic (exact) mass is 1220 g/mol. The number of nitrogens with zero attached hydrogens (tertiary/aromatic N) is 11. The van der Waals surface area contributed by atoms with Gasteiger partial charge >= 0.3 is 0 Å². The van der Waals surface area contributed by atoms with E-state index < -0.39 is 30.0 Å². The lowest BCUT2D eigenvalue weighted by atomic mass is 9.90. The Morgan fingerprint density at radius 1 is 0.841 bits per heavy atom. The number of aromatic nitrogens is 5. The molecule has 5 saturated heterocycles. The van der Waals surface area contributed by atoms with Gasteiger partial charge in [-0.05, 0) is 112 Å². The summed E-state index contributed by atoms with van der Waals surface area (Å²) < 4.78 is 19.1. The number of carbonyl (C=O) groups excluding carboxylic acids is 3. The van der Waals surface area contributed by atoms with E-state index in [9.17, 15) is 24.6 Å². The van der Waals surface area contributed by atoms with Gasteiger partial charge in [0, 0.05) is 126 Å². The fraction of sp³-hybridized carbons (Fsp3) is 0.545.